The first-order valence-corrected chi connectivity index (χ1v) is 4.88. The molecule has 14 heavy (non-hydrogen) atoms. The Kier molecular flexibility index (Phi) is 3.96. The Labute approximate surface area is 85.8 Å². The highest BCUT2D eigenvalue weighted by atomic mass is 16.5. The Morgan fingerprint density at radius 2 is 2.00 bits per heavy atom. The van der Waals surface area contributed by atoms with Crippen molar-refractivity contribution < 1.29 is 9.47 Å². The molecule has 0 heterocycles. The van der Waals surface area contributed by atoms with Crippen LogP contribution in [0.4, 0.5) is 0 Å². The average Bonchev–Trinajstić information content (AvgIpc) is 2.09. The van der Waals surface area contributed by atoms with E-state index >= 15 is 0 Å². The lowest BCUT2D eigenvalue weighted by Crippen LogP contribution is -2.05. The number of rotatable bonds is 4. The summed E-state index contributed by atoms with van der Waals surface area (Å²) in [6.07, 6.45) is 0.225. The molecule has 0 aliphatic heterocycles. The predicted molar refractivity (Wildman–Crippen MR) is 57.7 cm³/mol. The summed E-state index contributed by atoms with van der Waals surface area (Å²) in [5.74, 6) is 0.928. The molecular formula is C12H18O2. The molecule has 2 heteroatoms. The highest BCUT2D eigenvalue weighted by Crippen LogP contribution is 2.18. The van der Waals surface area contributed by atoms with Crippen molar-refractivity contribution in [3.63, 3.8) is 0 Å². The zero-order valence-electron chi connectivity index (χ0n) is 9.33. The lowest BCUT2D eigenvalue weighted by molar-refractivity contribution is 0.184. The van der Waals surface area contributed by atoms with Crippen molar-refractivity contribution in [3.8, 4) is 5.75 Å². The monoisotopic (exact) mass is 194 g/mol. The number of hydrogen-bond donors (Lipinski definition) is 0. The maximum Gasteiger partial charge on any atom is 0.119 e. The molecule has 0 bridgehead atoms. The minimum atomic E-state index is 0.225. The van der Waals surface area contributed by atoms with Gasteiger partial charge in [-0.2, -0.15) is 0 Å². The van der Waals surface area contributed by atoms with Gasteiger partial charge in [-0.05, 0) is 44.0 Å². The summed E-state index contributed by atoms with van der Waals surface area (Å²) in [4.78, 5) is 0. The third-order valence-electron chi connectivity index (χ3n) is 1.99. The number of hydrogen-bond acceptors (Lipinski definition) is 2. The van der Waals surface area contributed by atoms with Crippen molar-refractivity contribution in [1.82, 2.24) is 0 Å². The Balaban J connectivity index is 2.78. The zero-order chi connectivity index (χ0) is 10.6. The molecule has 0 aromatic heterocycles. The van der Waals surface area contributed by atoms with Crippen LogP contribution in [-0.4, -0.2) is 13.2 Å². The van der Waals surface area contributed by atoms with Crippen LogP contribution in [0.25, 0.3) is 0 Å². The fraction of sp³-hybridized carbons (Fsp3) is 0.500. The van der Waals surface area contributed by atoms with Gasteiger partial charge in [0.15, 0.2) is 0 Å². The average molecular weight is 194 g/mol. The second kappa shape index (κ2) is 5.01. The number of benzene rings is 1. The molecule has 0 radical (unpaired) electrons. The molecule has 2 nitrogen and oxygen atoms in total. The standard InChI is InChI=1S/C12H18O2/c1-9(2)14-12-6-5-11(8-13-4)10(3)7-12/h5-7,9H,8H2,1-4H3. The van der Waals surface area contributed by atoms with Crippen LogP contribution >= 0.6 is 0 Å². The lowest BCUT2D eigenvalue weighted by Gasteiger charge is -2.12. The first-order chi connectivity index (χ1) is 6.63. The smallest absolute Gasteiger partial charge is 0.119 e. The fourth-order valence-corrected chi connectivity index (χ4v) is 1.33. The second-order valence-corrected chi connectivity index (χ2v) is 3.69. The normalized spacial score (nSPS) is 10.6. The number of methoxy groups -OCH3 is 1. The minimum Gasteiger partial charge on any atom is -0.491 e. The fourth-order valence-electron chi connectivity index (χ4n) is 1.33. The first-order valence-electron chi connectivity index (χ1n) is 4.88. The van der Waals surface area contributed by atoms with Crippen molar-refractivity contribution in [1.29, 1.82) is 0 Å². The van der Waals surface area contributed by atoms with Crippen LogP contribution in [0.5, 0.6) is 5.75 Å². The molecule has 1 aromatic rings. The van der Waals surface area contributed by atoms with Crippen LogP contribution in [-0.2, 0) is 11.3 Å². The van der Waals surface area contributed by atoms with Crippen LogP contribution < -0.4 is 4.74 Å². The predicted octanol–water partition coefficient (Wildman–Crippen LogP) is 2.93. The summed E-state index contributed by atoms with van der Waals surface area (Å²) in [7, 11) is 1.71. The minimum absolute atomic E-state index is 0.225. The summed E-state index contributed by atoms with van der Waals surface area (Å²) >= 11 is 0. The maximum absolute atomic E-state index is 5.59. The van der Waals surface area contributed by atoms with Gasteiger partial charge >= 0.3 is 0 Å². The van der Waals surface area contributed by atoms with Gasteiger partial charge < -0.3 is 9.47 Å². The Hall–Kier alpha value is -1.02. The molecule has 0 atom stereocenters. The van der Waals surface area contributed by atoms with Gasteiger partial charge in [0, 0.05) is 7.11 Å². The van der Waals surface area contributed by atoms with E-state index in [0.717, 1.165) is 5.75 Å². The molecule has 0 amide bonds. The zero-order valence-corrected chi connectivity index (χ0v) is 9.33. The highest BCUT2D eigenvalue weighted by molar-refractivity contribution is 5.34. The number of ether oxygens (including phenoxy) is 2. The molecule has 0 fully saturated rings. The van der Waals surface area contributed by atoms with E-state index in [2.05, 4.69) is 13.0 Å². The summed E-state index contributed by atoms with van der Waals surface area (Å²) in [6.45, 7) is 6.78. The third-order valence-corrected chi connectivity index (χ3v) is 1.99. The second-order valence-electron chi connectivity index (χ2n) is 3.69. The Bertz CT molecular complexity index is 292. The summed E-state index contributed by atoms with van der Waals surface area (Å²) in [6, 6.07) is 6.09. The highest BCUT2D eigenvalue weighted by Gasteiger charge is 2.01. The van der Waals surface area contributed by atoms with E-state index in [0.29, 0.717) is 6.61 Å². The molecule has 0 saturated heterocycles. The van der Waals surface area contributed by atoms with Gasteiger partial charge in [0.1, 0.15) is 5.75 Å². The van der Waals surface area contributed by atoms with Crippen LogP contribution in [0.3, 0.4) is 0 Å². The van der Waals surface area contributed by atoms with Crippen LogP contribution in [0, 0.1) is 6.92 Å². The largest absolute Gasteiger partial charge is 0.491 e. The van der Waals surface area contributed by atoms with E-state index in [-0.39, 0.29) is 6.10 Å². The van der Waals surface area contributed by atoms with Crippen LogP contribution in [0.15, 0.2) is 18.2 Å². The van der Waals surface area contributed by atoms with Gasteiger partial charge in [-0.3, -0.25) is 0 Å². The number of aryl methyl sites for hydroxylation is 1. The SMILES string of the molecule is COCc1ccc(OC(C)C)cc1C. The Morgan fingerprint density at radius 3 is 2.50 bits per heavy atom. The van der Waals surface area contributed by atoms with Crippen molar-refractivity contribution >= 4 is 0 Å². The third kappa shape index (κ3) is 3.04. The lowest BCUT2D eigenvalue weighted by atomic mass is 10.1. The van der Waals surface area contributed by atoms with Crippen molar-refractivity contribution in [2.45, 2.75) is 33.5 Å². The van der Waals surface area contributed by atoms with Crippen LogP contribution in [0.1, 0.15) is 25.0 Å². The van der Waals surface area contributed by atoms with E-state index in [4.69, 9.17) is 9.47 Å². The molecule has 0 N–H and O–H groups in total. The molecule has 78 valence electrons. The quantitative estimate of drug-likeness (QED) is 0.733. The molecule has 0 saturated carbocycles. The van der Waals surface area contributed by atoms with E-state index in [1.807, 2.05) is 26.0 Å². The van der Waals surface area contributed by atoms with Gasteiger partial charge in [-0.15, -0.1) is 0 Å². The maximum atomic E-state index is 5.59. The summed E-state index contributed by atoms with van der Waals surface area (Å²) < 4.78 is 10.7. The van der Waals surface area contributed by atoms with Gasteiger partial charge in [-0.25, -0.2) is 0 Å². The molecule has 0 aliphatic carbocycles. The van der Waals surface area contributed by atoms with E-state index in [1.54, 1.807) is 7.11 Å². The molecule has 0 spiro atoms. The van der Waals surface area contributed by atoms with Gasteiger partial charge in [0.2, 0.25) is 0 Å². The van der Waals surface area contributed by atoms with Gasteiger partial charge in [-0.1, -0.05) is 6.07 Å². The van der Waals surface area contributed by atoms with Crippen molar-refractivity contribution in [2.24, 2.45) is 0 Å². The van der Waals surface area contributed by atoms with E-state index in [9.17, 15) is 0 Å². The van der Waals surface area contributed by atoms with E-state index < -0.39 is 0 Å². The molecule has 1 rings (SSSR count). The molecule has 0 aliphatic rings. The Morgan fingerprint density at radius 1 is 1.29 bits per heavy atom. The van der Waals surface area contributed by atoms with Crippen molar-refractivity contribution in [2.75, 3.05) is 7.11 Å². The molecule has 1 aromatic carbocycles. The molecular weight excluding hydrogens is 176 g/mol. The van der Waals surface area contributed by atoms with Gasteiger partial charge in [0.25, 0.3) is 0 Å². The van der Waals surface area contributed by atoms with Crippen LogP contribution in [0.2, 0.25) is 0 Å². The van der Waals surface area contributed by atoms with Gasteiger partial charge in [0.05, 0.1) is 12.7 Å². The molecule has 0 unspecified atom stereocenters. The summed E-state index contributed by atoms with van der Waals surface area (Å²) in [5.41, 5.74) is 2.42. The topological polar surface area (TPSA) is 18.5 Å². The van der Waals surface area contributed by atoms with Crippen molar-refractivity contribution in [3.05, 3.63) is 29.3 Å². The summed E-state index contributed by atoms with van der Waals surface area (Å²) in [5, 5.41) is 0. The first kappa shape index (κ1) is 11.1. The van der Waals surface area contributed by atoms with E-state index in [1.165, 1.54) is 11.1 Å².